The Labute approximate surface area is 113 Å². The molecule has 0 fully saturated rings. The minimum atomic E-state index is -0.159. The second-order valence-corrected chi connectivity index (χ2v) is 5.03. The van der Waals surface area contributed by atoms with Crippen LogP contribution in [0.3, 0.4) is 0 Å². The highest BCUT2D eigenvalue weighted by atomic mass is 32.1. The van der Waals surface area contributed by atoms with Gasteiger partial charge in [0.25, 0.3) is 0 Å². The lowest BCUT2D eigenvalue weighted by atomic mass is 10.1. The van der Waals surface area contributed by atoms with Crippen molar-refractivity contribution in [3.63, 3.8) is 0 Å². The van der Waals surface area contributed by atoms with Crippen LogP contribution >= 0.6 is 11.3 Å². The highest BCUT2D eigenvalue weighted by molar-refractivity contribution is 7.10. The van der Waals surface area contributed by atoms with Crippen molar-refractivity contribution in [1.29, 1.82) is 0 Å². The maximum Gasteiger partial charge on any atom is 0.310 e. The van der Waals surface area contributed by atoms with E-state index in [9.17, 15) is 9.90 Å². The van der Waals surface area contributed by atoms with Crippen LogP contribution in [0.25, 0.3) is 11.6 Å². The number of aromatic nitrogens is 2. The summed E-state index contributed by atoms with van der Waals surface area (Å²) >= 11 is 1.03. The summed E-state index contributed by atoms with van der Waals surface area (Å²) in [4.78, 5) is 20.4. The third-order valence-corrected chi connectivity index (χ3v) is 3.84. The number of allylic oxidation sites excluding steroid dienone is 1. The highest BCUT2D eigenvalue weighted by Crippen LogP contribution is 2.32. The lowest BCUT2D eigenvalue weighted by Crippen LogP contribution is -2.09. The van der Waals surface area contributed by atoms with E-state index in [1.165, 1.54) is 4.57 Å². The van der Waals surface area contributed by atoms with Gasteiger partial charge in [-0.15, -0.1) is 0 Å². The average molecular weight is 273 g/mol. The zero-order valence-electron chi connectivity index (χ0n) is 10.2. The van der Waals surface area contributed by atoms with E-state index in [1.54, 1.807) is 18.5 Å². The van der Waals surface area contributed by atoms with E-state index < -0.39 is 0 Å². The first-order valence-electron chi connectivity index (χ1n) is 5.84. The molecule has 0 atom stereocenters. The van der Waals surface area contributed by atoms with Crippen LogP contribution < -0.4 is 4.87 Å². The fourth-order valence-electron chi connectivity index (χ4n) is 1.97. The molecule has 3 heterocycles. The summed E-state index contributed by atoms with van der Waals surface area (Å²) in [5, 5.41) is 9.99. The van der Waals surface area contributed by atoms with Gasteiger partial charge in [0.15, 0.2) is 5.82 Å². The molecule has 1 aliphatic rings. The fourth-order valence-corrected chi connectivity index (χ4v) is 2.87. The van der Waals surface area contributed by atoms with Crippen molar-refractivity contribution < 1.29 is 5.11 Å². The molecule has 0 aliphatic carbocycles. The fraction of sp³-hybridized carbons (Fsp3) is 0.154. The largest absolute Gasteiger partial charge is 0.493 e. The lowest BCUT2D eigenvalue weighted by molar-refractivity contribution is 0.417. The van der Waals surface area contributed by atoms with Crippen molar-refractivity contribution in [3.05, 3.63) is 38.4 Å². The molecule has 0 spiro atoms. The molecule has 19 heavy (non-hydrogen) atoms. The van der Waals surface area contributed by atoms with Gasteiger partial charge in [0.05, 0.1) is 4.88 Å². The van der Waals surface area contributed by atoms with E-state index >= 15 is 0 Å². The van der Waals surface area contributed by atoms with Gasteiger partial charge in [-0.25, -0.2) is 9.98 Å². The minimum Gasteiger partial charge on any atom is -0.493 e. The normalized spacial score (nSPS) is 15.1. The average Bonchev–Trinajstić information content (AvgIpc) is 2.93. The monoisotopic (exact) mass is 273 g/mol. The van der Waals surface area contributed by atoms with Gasteiger partial charge in [0.1, 0.15) is 0 Å². The Morgan fingerprint density at radius 3 is 3.11 bits per heavy atom. The Morgan fingerprint density at radius 2 is 2.37 bits per heavy atom. The van der Waals surface area contributed by atoms with Gasteiger partial charge in [0.2, 0.25) is 5.88 Å². The Kier molecular flexibility index (Phi) is 2.79. The Morgan fingerprint density at radius 1 is 1.53 bits per heavy atom. The van der Waals surface area contributed by atoms with E-state index in [0.29, 0.717) is 17.2 Å². The van der Waals surface area contributed by atoms with Crippen LogP contribution in [0.5, 0.6) is 5.88 Å². The van der Waals surface area contributed by atoms with Crippen LogP contribution in [-0.4, -0.2) is 20.9 Å². The van der Waals surface area contributed by atoms with Gasteiger partial charge in [-0.2, -0.15) is 0 Å². The highest BCUT2D eigenvalue weighted by Gasteiger charge is 2.16. The molecular formula is C13H11N3O2S. The summed E-state index contributed by atoms with van der Waals surface area (Å²) in [5.74, 6) is 0.672. The predicted molar refractivity (Wildman–Crippen MR) is 76.2 cm³/mol. The van der Waals surface area contributed by atoms with Gasteiger partial charge >= 0.3 is 4.87 Å². The zero-order chi connectivity index (χ0) is 13.4. The molecule has 1 N–H and O–H groups in total. The molecule has 0 radical (unpaired) electrons. The topological polar surface area (TPSA) is 67.5 Å². The third-order valence-electron chi connectivity index (χ3n) is 2.92. The number of hydrogen-bond acceptors (Lipinski definition) is 5. The SMILES string of the molecule is CCn1c(O)c(C=C2C=Nc3ncccc32)sc1=O. The summed E-state index contributed by atoms with van der Waals surface area (Å²) < 4.78 is 1.34. The number of nitrogens with zero attached hydrogens (tertiary/aromatic N) is 3. The molecule has 3 rings (SSSR count). The van der Waals surface area contributed by atoms with Crippen molar-refractivity contribution in [2.24, 2.45) is 4.99 Å². The van der Waals surface area contributed by atoms with Crippen molar-refractivity contribution in [3.8, 4) is 5.88 Å². The van der Waals surface area contributed by atoms with Crippen LogP contribution in [0.2, 0.25) is 0 Å². The molecule has 0 amide bonds. The standard InChI is InChI=1S/C13H11N3O2S/c1-2-16-12(17)10(19-13(16)18)6-8-7-15-11-9(8)4-3-5-14-11/h3-7,17H,2H2,1H3. The molecule has 2 aromatic rings. The Hall–Kier alpha value is -2.21. The van der Waals surface area contributed by atoms with Crippen LogP contribution in [0, 0.1) is 0 Å². The van der Waals surface area contributed by atoms with Gasteiger partial charge in [-0.3, -0.25) is 9.36 Å². The molecule has 0 saturated heterocycles. The molecule has 2 aromatic heterocycles. The maximum atomic E-state index is 11.7. The summed E-state index contributed by atoms with van der Waals surface area (Å²) in [6.45, 7) is 2.28. The molecular weight excluding hydrogens is 262 g/mol. The van der Waals surface area contributed by atoms with Gasteiger partial charge in [-0.1, -0.05) is 11.3 Å². The summed E-state index contributed by atoms with van der Waals surface area (Å²) in [5.41, 5.74) is 1.76. The quantitative estimate of drug-likeness (QED) is 0.912. The molecule has 96 valence electrons. The van der Waals surface area contributed by atoms with E-state index in [4.69, 9.17) is 0 Å². The summed E-state index contributed by atoms with van der Waals surface area (Å²) in [6.07, 6.45) is 5.14. The lowest BCUT2D eigenvalue weighted by Gasteiger charge is -1.99. The summed E-state index contributed by atoms with van der Waals surface area (Å²) in [7, 11) is 0. The molecule has 0 aromatic carbocycles. The predicted octanol–water partition coefficient (Wildman–Crippen LogP) is 2.29. The number of hydrogen-bond donors (Lipinski definition) is 1. The van der Waals surface area contributed by atoms with Gasteiger partial charge < -0.3 is 5.11 Å². The molecule has 6 heteroatoms. The molecule has 0 unspecified atom stereocenters. The molecule has 0 saturated carbocycles. The second kappa shape index (κ2) is 4.47. The van der Waals surface area contributed by atoms with Crippen molar-refractivity contribution in [2.45, 2.75) is 13.5 Å². The van der Waals surface area contributed by atoms with E-state index in [0.717, 1.165) is 22.5 Å². The number of pyridine rings is 1. The molecule has 5 nitrogen and oxygen atoms in total. The first-order valence-corrected chi connectivity index (χ1v) is 6.66. The van der Waals surface area contributed by atoms with Crippen LogP contribution in [0.1, 0.15) is 17.4 Å². The molecule has 1 aliphatic heterocycles. The van der Waals surface area contributed by atoms with Crippen molar-refractivity contribution >= 4 is 35.0 Å². The van der Waals surface area contributed by atoms with Crippen LogP contribution in [0.4, 0.5) is 5.82 Å². The first-order chi connectivity index (χ1) is 9.20. The van der Waals surface area contributed by atoms with Crippen LogP contribution in [-0.2, 0) is 6.54 Å². The van der Waals surface area contributed by atoms with Crippen molar-refractivity contribution in [1.82, 2.24) is 9.55 Å². The van der Waals surface area contributed by atoms with Crippen molar-refractivity contribution in [2.75, 3.05) is 0 Å². The Bertz CT molecular complexity index is 755. The minimum absolute atomic E-state index is 0.00994. The van der Waals surface area contributed by atoms with E-state index in [1.807, 2.05) is 19.1 Å². The summed E-state index contributed by atoms with van der Waals surface area (Å²) in [6, 6.07) is 3.75. The zero-order valence-corrected chi connectivity index (χ0v) is 11.0. The van der Waals surface area contributed by atoms with Gasteiger partial charge in [-0.05, 0) is 25.1 Å². The number of fused-ring (bicyclic) bond motifs is 1. The van der Waals surface area contributed by atoms with Gasteiger partial charge in [0, 0.05) is 30.1 Å². The molecule has 0 bridgehead atoms. The van der Waals surface area contributed by atoms with E-state index in [-0.39, 0.29) is 10.8 Å². The van der Waals surface area contributed by atoms with E-state index in [2.05, 4.69) is 9.98 Å². The second-order valence-electron chi connectivity index (χ2n) is 4.03. The number of aliphatic imine (C=N–C) groups is 1. The number of thiazole rings is 1. The number of rotatable bonds is 2. The first kappa shape index (κ1) is 11.9. The number of aromatic hydroxyl groups is 1. The Balaban J connectivity index is 2.10. The van der Waals surface area contributed by atoms with Crippen LogP contribution in [0.15, 0.2) is 28.1 Å². The smallest absolute Gasteiger partial charge is 0.310 e. The third kappa shape index (κ3) is 1.90. The maximum absolute atomic E-state index is 11.7.